The van der Waals surface area contributed by atoms with Crippen LogP contribution in [0.25, 0.3) is 10.8 Å². The van der Waals surface area contributed by atoms with E-state index in [-0.39, 0.29) is 0 Å². The second kappa shape index (κ2) is 10.0. The van der Waals surface area contributed by atoms with Crippen LogP contribution in [0.4, 0.5) is 45.5 Å². The van der Waals surface area contributed by atoms with Gasteiger partial charge in [0.15, 0.2) is 0 Å². The van der Waals surface area contributed by atoms with Crippen LogP contribution in [0, 0.1) is 0 Å². The molecule has 0 spiro atoms. The summed E-state index contributed by atoms with van der Waals surface area (Å²) >= 11 is 0. The summed E-state index contributed by atoms with van der Waals surface area (Å²) in [6, 6.07) is 49.9. The second-order valence-corrected chi connectivity index (χ2v) is 9.17. The van der Waals surface area contributed by atoms with Gasteiger partial charge in [0.05, 0.1) is 11.4 Å². The first kappa shape index (κ1) is 23.2. The van der Waals surface area contributed by atoms with Gasteiger partial charge in [0.25, 0.3) is 0 Å². The zero-order valence-electron chi connectivity index (χ0n) is 20.9. The topological polar surface area (TPSA) is 58.5 Å². The predicted octanol–water partition coefficient (Wildman–Crippen LogP) is 8.94. The summed E-state index contributed by atoms with van der Waals surface area (Å²) in [5, 5.41) is 2.28. The van der Waals surface area contributed by atoms with Crippen LogP contribution in [0.5, 0.6) is 0 Å². The summed E-state index contributed by atoms with van der Waals surface area (Å²) in [6.07, 6.45) is 0. The van der Waals surface area contributed by atoms with Gasteiger partial charge < -0.3 is 21.3 Å². The molecule has 0 aliphatic heterocycles. The Morgan fingerprint density at radius 1 is 0.316 bits per heavy atom. The predicted molar refractivity (Wildman–Crippen MR) is 162 cm³/mol. The second-order valence-electron chi connectivity index (χ2n) is 9.17. The summed E-state index contributed by atoms with van der Waals surface area (Å²) in [6.45, 7) is 0. The highest BCUT2D eigenvalue weighted by Gasteiger charge is 2.19. The van der Waals surface area contributed by atoms with Crippen molar-refractivity contribution in [3.8, 4) is 0 Å². The van der Waals surface area contributed by atoms with Gasteiger partial charge in [-0.05, 0) is 84.9 Å². The molecule has 0 heterocycles. The lowest BCUT2D eigenvalue weighted by Crippen LogP contribution is -2.12. The van der Waals surface area contributed by atoms with Gasteiger partial charge in [-0.2, -0.15) is 0 Å². The maximum Gasteiger partial charge on any atom is 0.0540 e. The molecular weight excluding hydrogens is 464 g/mol. The fraction of sp³-hybridized carbons (Fsp3) is 0. The summed E-state index contributed by atoms with van der Waals surface area (Å²) in [4.78, 5) is 4.56. The number of nitrogen functional groups attached to an aromatic ring is 2. The SMILES string of the molecule is Nc1ccc(N(c2ccccc2)c2cccc3c(N(c4ccccc4)c4ccc(N)cc4)cccc23)cc1. The van der Waals surface area contributed by atoms with Gasteiger partial charge in [0, 0.05) is 44.9 Å². The summed E-state index contributed by atoms with van der Waals surface area (Å²) in [7, 11) is 0. The Labute approximate surface area is 223 Å². The Kier molecular flexibility index (Phi) is 6.12. The molecule has 0 aliphatic carbocycles. The fourth-order valence-corrected chi connectivity index (χ4v) is 4.92. The fourth-order valence-electron chi connectivity index (χ4n) is 4.92. The van der Waals surface area contributed by atoms with Crippen LogP contribution in [0.3, 0.4) is 0 Å². The minimum atomic E-state index is 0.740. The molecule has 4 heteroatoms. The van der Waals surface area contributed by atoms with Gasteiger partial charge in [0.2, 0.25) is 0 Å². The number of nitrogens with two attached hydrogens (primary N) is 2. The number of hydrogen-bond acceptors (Lipinski definition) is 4. The van der Waals surface area contributed by atoms with E-state index in [1.807, 2.05) is 36.4 Å². The average molecular weight is 493 g/mol. The molecule has 6 rings (SSSR count). The van der Waals surface area contributed by atoms with Crippen LogP contribution >= 0.6 is 0 Å². The van der Waals surface area contributed by atoms with Gasteiger partial charge in [-0.15, -0.1) is 0 Å². The number of anilines is 8. The first-order valence-corrected chi connectivity index (χ1v) is 12.6. The molecule has 0 atom stereocenters. The molecule has 0 saturated carbocycles. The molecule has 38 heavy (non-hydrogen) atoms. The number of hydrogen-bond donors (Lipinski definition) is 2. The van der Waals surface area contributed by atoms with Crippen molar-refractivity contribution in [3.63, 3.8) is 0 Å². The quantitative estimate of drug-likeness (QED) is 0.228. The molecule has 184 valence electrons. The minimum absolute atomic E-state index is 0.740. The van der Waals surface area contributed by atoms with Gasteiger partial charge in [0.1, 0.15) is 0 Å². The zero-order chi connectivity index (χ0) is 25.9. The number of benzene rings is 6. The number of para-hydroxylation sites is 2. The molecule has 0 bridgehead atoms. The molecule has 0 aromatic heterocycles. The van der Waals surface area contributed by atoms with Crippen molar-refractivity contribution in [3.05, 3.63) is 146 Å². The van der Waals surface area contributed by atoms with Crippen molar-refractivity contribution in [1.29, 1.82) is 0 Å². The number of rotatable bonds is 6. The first-order chi connectivity index (χ1) is 18.7. The third kappa shape index (κ3) is 4.40. The largest absolute Gasteiger partial charge is 0.399 e. The Balaban J connectivity index is 1.58. The monoisotopic (exact) mass is 492 g/mol. The van der Waals surface area contributed by atoms with E-state index in [0.717, 1.165) is 56.3 Å². The number of fused-ring (bicyclic) bond motifs is 1. The molecule has 0 amide bonds. The lowest BCUT2D eigenvalue weighted by atomic mass is 10.0. The Hall–Kier alpha value is -5.22. The van der Waals surface area contributed by atoms with E-state index in [0.29, 0.717) is 0 Å². The molecule has 6 aromatic carbocycles. The third-order valence-corrected chi connectivity index (χ3v) is 6.69. The maximum absolute atomic E-state index is 6.04. The maximum atomic E-state index is 6.04. The van der Waals surface area contributed by atoms with Crippen LogP contribution in [-0.2, 0) is 0 Å². The Morgan fingerprint density at radius 2 is 0.658 bits per heavy atom. The molecule has 0 saturated heterocycles. The van der Waals surface area contributed by atoms with Gasteiger partial charge in [-0.25, -0.2) is 0 Å². The van der Waals surface area contributed by atoms with Crippen LogP contribution in [0.1, 0.15) is 0 Å². The highest BCUT2D eigenvalue weighted by molar-refractivity contribution is 6.06. The van der Waals surface area contributed by atoms with Gasteiger partial charge in [-0.1, -0.05) is 60.7 Å². The molecule has 4 N–H and O–H groups in total. The molecule has 0 aliphatic rings. The molecule has 6 aromatic rings. The molecule has 0 unspecified atom stereocenters. The molecular formula is C34H28N4. The van der Waals surface area contributed by atoms with Crippen LogP contribution in [0.15, 0.2) is 146 Å². The van der Waals surface area contributed by atoms with E-state index < -0.39 is 0 Å². The summed E-state index contributed by atoms with van der Waals surface area (Å²) in [5.41, 5.74) is 20.0. The standard InChI is InChI=1S/C34H28N4/c35-25-17-21-29(22-18-25)37(27-9-3-1-4-10-27)33-15-7-14-32-31(33)13-8-16-34(32)38(28-11-5-2-6-12-28)30-23-19-26(36)20-24-30/h1-24H,35-36H2. The van der Waals surface area contributed by atoms with Crippen molar-refractivity contribution in [2.24, 2.45) is 0 Å². The van der Waals surface area contributed by atoms with E-state index in [1.54, 1.807) is 0 Å². The van der Waals surface area contributed by atoms with E-state index in [1.165, 1.54) is 0 Å². The van der Waals surface area contributed by atoms with Crippen LogP contribution in [-0.4, -0.2) is 0 Å². The highest BCUT2D eigenvalue weighted by atomic mass is 15.2. The Morgan fingerprint density at radius 3 is 1.03 bits per heavy atom. The molecule has 0 radical (unpaired) electrons. The minimum Gasteiger partial charge on any atom is -0.399 e. The third-order valence-electron chi connectivity index (χ3n) is 6.69. The molecule has 0 fully saturated rings. The smallest absolute Gasteiger partial charge is 0.0540 e. The van der Waals surface area contributed by atoms with Crippen molar-refractivity contribution in [1.82, 2.24) is 0 Å². The average Bonchev–Trinajstić information content (AvgIpc) is 2.97. The van der Waals surface area contributed by atoms with Crippen molar-refractivity contribution in [2.75, 3.05) is 21.3 Å². The number of nitrogens with zero attached hydrogens (tertiary/aromatic N) is 2. The molecule has 4 nitrogen and oxygen atoms in total. The lowest BCUT2D eigenvalue weighted by molar-refractivity contribution is 1.28. The van der Waals surface area contributed by atoms with E-state index in [2.05, 4.69) is 119 Å². The lowest BCUT2D eigenvalue weighted by Gasteiger charge is -2.29. The van der Waals surface area contributed by atoms with Crippen molar-refractivity contribution in [2.45, 2.75) is 0 Å². The van der Waals surface area contributed by atoms with E-state index in [4.69, 9.17) is 11.5 Å². The normalized spacial score (nSPS) is 10.8. The van der Waals surface area contributed by atoms with Crippen molar-refractivity contribution >= 4 is 56.3 Å². The summed E-state index contributed by atoms with van der Waals surface area (Å²) in [5.74, 6) is 0. The van der Waals surface area contributed by atoms with Crippen molar-refractivity contribution < 1.29 is 0 Å². The zero-order valence-corrected chi connectivity index (χ0v) is 20.9. The first-order valence-electron chi connectivity index (χ1n) is 12.6. The highest BCUT2D eigenvalue weighted by Crippen LogP contribution is 2.44. The van der Waals surface area contributed by atoms with Gasteiger partial charge in [-0.3, -0.25) is 0 Å². The van der Waals surface area contributed by atoms with Crippen LogP contribution < -0.4 is 21.3 Å². The van der Waals surface area contributed by atoms with E-state index >= 15 is 0 Å². The van der Waals surface area contributed by atoms with Gasteiger partial charge >= 0.3 is 0 Å². The van der Waals surface area contributed by atoms with Crippen LogP contribution in [0.2, 0.25) is 0 Å². The summed E-state index contributed by atoms with van der Waals surface area (Å²) < 4.78 is 0. The Bertz CT molecular complexity index is 1530. The van der Waals surface area contributed by atoms with E-state index in [9.17, 15) is 0 Å².